The van der Waals surface area contributed by atoms with Gasteiger partial charge in [-0.3, -0.25) is 0 Å². The molecule has 1 fully saturated rings. The van der Waals surface area contributed by atoms with E-state index in [1.807, 2.05) is 20.8 Å². The Morgan fingerprint density at radius 2 is 2.17 bits per heavy atom. The summed E-state index contributed by atoms with van der Waals surface area (Å²) in [6.45, 7) is 6.19. The number of rotatable bonds is 3. The van der Waals surface area contributed by atoms with Crippen LogP contribution >= 0.6 is 0 Å². The summed E-state index contributed by atoms with van der Waals surface area (Å²) in [4.78, 5) is 0. The van der Waals surface area contributed by atoms with Crippen LogP contribution in [0.3, 0.4) is 0 Å². The molecule has 0 heterocycles. The van der Waals surface area contributed by atoms with Crippen LogP contribution in [0.25, 0.3) is 0 Å². The topological polar surface area (TPSA) is 52.5 Å². The predicted octanol–water partition coefficient (Wildman–Crippen LogP) is 0.116. The molecule has 0 radical (unpaired) electrons. The maximum atomic E-state index is 9.43. The molecule has 3 nitrogen and oxygen atoms in total. The zero-order valence-electron chi connectivity index (χ0n) is 8.04. The van der Waals surface area contributed by atoms with Crippen molar-refractivity contribution in [1.29, 1.82) is 0 Å². The van der Waals surface area contributed by atoms with Gasteiger partial charge in [0.25, 0.3) is 0 Å². The highest BCUT2D eigenvalue weighted by Crippen LogP contribution is 2.40. The Balaban J connectivity index is 2.37. The molecule has 1 aliphatic rings. The van der Waals surface area contributed by atoms with Gasteiger partial charge >= 0.3 is 0 Å². The van der Waals surface area contributed by atoms with E-state index in [4.69, 9.17) is 5.11 Å². The molecule has 1 aliphatic carbocycles. The Bertz CT molecular complexity index is 159. The zero-order valence-corrected chi connectivity index (χ0v) is 8.04. The molecular formula is C9H19NO2. The van der Waals surface area contributed by atoms with Gasteiger partial charge in [-0.15, -0.1) is 0 Å². The third-order valence-corrected chi connectivity index (χ3v) is 2.98. The molecule has 0 aromatic carbocycles. The van der Waals surface area contributed by atoms with Crippen LogP contribution in [0.2, 0.25) is 0 Å². The van der Waals surface area contributed by atoms with Gasteiger partial charge in [0.2, 0.25) is 0 Å². The molecule has 0 bridgehead atoms. The fraction of sp³-hybridized carbons (Fsp3) is 1.00. The Kier molecular flexibility index (Phi) is 2.76. The summed E-state index contributed by atoms with van der Waals surface area (Å²) in [6.07, 6.45) is 0.609. The highest BCUT2D eigenvalue weighted by Gasteiger charge is 2.47. The maximum absolute atomic E-state index is 9.43. The molecule has 0 aromatic rings. The molecule has 3 atom stereocenters. The minimum atomic E-state index is -0.194. The Morgan fingerprint density at radius 1 is 1.58 bits per heavy atom. The van der Waals surface area contributed by atoms with Gasteiger partial charge in [-0.1, -0.05) is 13.8 Å². The average molecular weight is 173 g/mol. The van der Waals surface area contributed by atoms with Crippen molar-refractivity contribution < 1.29 is 10.2 Å². The van der Waals surface area contributed by atoms with Gasteiger partial charge in [0.1, 0.15) is 0 Å². The standard InChI is InChI=1S/C9H19NO2/c1-6(5-11)10-7-4-8(12)9(7,2)3/h6-8,10-12H,4-5H2,1-3H3/t6-,7?,8?/m1/s1. The summed E-state index contributed by atoms with van der Waals surface area (Å²) in [5.74, 6) is 0. The first kappa shape index (κ1) is 9.96. The third-order valence-electron chi connectivity index (χ3n) is 2.98. The fourth-order valence-corrected chi connectivity index (χ4v) is 1.58. The number of aliphatic hydroxyl groups is 2. The third kappa shape index (κ3) is 1.63. The lowest BCUT2D eigenvalue weighted by atomic mass is 9.64. The second-order valence-corrected chi connectivity index (χ2v) is 4.38. The SMILES string of the molecule is C[C@H](CO)NC1CC(O)C1(C)C. The summed E-state index contributed by atoms with van der Waals surface area (Å²) in [7, 11) is 0. The van der Waals surface area contributed by atoms with Crippen LogP contribution in [0.4, 0.5) is 0 Å². The van der Waals surface area contributed by atoms with Gasteiger partial charge in [0.05, 0.1) is 12.7 Å². The van der Waals surface area contributed by atoms with E-state index in [2.05, 4.69) is 5.32 Å². The lowest BCUT2D eigenvalue weighted by Gasteiger charge is -2.50. The summed E-state index contributed by atoms with van der Waals surface area (Å²) < 4.78 is 0. The molecule has 2 unspecified atom stereocenters. The Hall–Kier alpha value is -0.120. The highest BCUT2D eigenvalue weighted by molar-refractivity contribution is 5.02. The molecule has 0 saturated heterocycles. The van der Waals surface area contributed by atoms with Gasteiger partial charge in [-0.2, -0.15) is 0 Å². The van der Waals surface area contributed by atoms with E-state index in [0.29, 0.717) is 6.04 Å². The van der Waals surface area contributed by atoms with Crippen LogP contribution in [0.15, 0.2) is 0 Å². The van der Waals surface area contributed by atoms with Crippen molar-refractivity contribution in [2.75, 3.05) is 6.61 Å². The quantitative estimate of drug-likeness (QED) is 0.568. The van der Waals surface area contributed by atoms with Gasteiger partial charge in [-0.05, 0) is 13.3 Å². The summed E-state index contributed by atoms with van der Waals surface area (Å²) >= 11 is 0. The number of hydrogen-bond donors (Lipinski definition) is 3. The second kappa shape index (κ2) is 3.32. The van der Waals surface area contributed by atoms with E-state index in [9.17, 15) is 5.11 Å². The fourth-order valence-electron chi connectivity index (χ4n) is 1.58. The molecule has 0 spiro atoms. The van der Waals surface area contributed by atoms with E-state index >= 15 is 0 Å². The molecule has 0 aliphatic heterocycles. The predicted molar refractivity (Wildman–Crippen MR) is 47.9 cm³/mol. The van der Waals surface area contributed by atoms with Crippen LogP contribution in [0.5, 0.6) is 0 Å². The minimum absolute atomic E-state index is 0.0383. The van der Waals surface area contributed by atoms with E-state index in [0.717, 1.165) is 6.42 Å². The average Bonchev–Trinajstić information content (AvgIpc) is 2.03. The normalized spacial score (nSPS) is 35.8. The minimum Gasteiger partial charge on any atom is -0.395 e. The summed E-state index contributed by atoms with van der Waals surface area (Å²) in [5.41, 5.74) is -0.0383. The molecule has 3 N–H and O–H groups in total. The molecule has 0 amide bonds. The lowest BCUT2D eigenvalue weighted by Crippen LogP contribution is -2.62. The van der Waals surface area contributed by atoms with Crippen molar-refractivity contribution >= 4 is 0 Å². The Labute approximate surface area is 73.8 Å². The van der Waals surface area contributed by atoms with Crippen molar-refractivity contribution in [3.63, 3.8) is 0 Å². The largest absolute Gasteiger partial charge is 0.395 e. The number of nitrogens with one attached hydrogen (secondary N) is 1. The smallest absolute Gasteiger partial charge is 0.0621 e. The van der Waals surface area contributed by atoms with Crippen molar-refractivity contribution in [3.05, 3.63) is 0 Å². The first-order chi connectivity index (χ1) is 5.48. The molecule has 0 aromatic heterocycles. The lowest BCUT2D eigenvalue weighted by molar-refractivity contribution is -0.0767. The molecular weight excluding hydrogens is 154 g/mol. The van der Waals surface area contributed by atoms with Crippen LogP contribution in [-0.4, -0.2) is 35.0 Å². The molecule has 72 valence electrons. The molecule has 3 heteroatoms. The van der Waals surface area contributed by atoms with Crippen molar-refractivity contribution in [2.45, 2.75) is 45.4 Å². The van der Waals surface area contributed by atoms with Gasteiger partial charge in [0, 0.05) is 17.5 Å². The van der Waals surface area contributed by atoms with Gasteiger partial charge < -0.3 is 15.5 Å². The van der Waals surface area contributed by atoms with Crippen molar-refractivity contribution in [1.82, 2.24) is 5.32 Å². The molecule has 1 rings (SSSR count). The monoisotopic (exact) mass is 173 g/mol. The van der Waals surface area contributed by atoms with Crippen molar-refractivity contribution in [2.24, 2.45) is 5.41 Å². The van der Waals surface area contributed by atoms with Gasteiger partial charge in [-0.25, -0.2) is 0 Å². The molecule has 1 saturated carbocycles. The molecule has 12 heavy (non-hydrogen) atoms. The van der Waals surface area contributed by atoms with Gasteiger partial charge in [0.15, 0.2) is 0 Å². The van der Waals surface area contributed by atoms with Crippen LogP contribution in [-0.2, 0) is 0 Å². The van der Waals surface area contributed by atoms with E-state index in [-0.39, 0.29) is 24.2 Å². The first-order valence-corrected chi connectivity index (χ1v) is 4.53. The highest BCUT2D eigenvalue weighted by atomic mass is 16.3. The second-order valence-electron chi connectivity index (χ2n) is 4.38. The Morgan fingerprint density at radius 3 is 2.50 bits per heavy atom. The number of aliphatic hydroxyl groups excluding tert-OH is 2. The zero-order chi connectivity index (χ0) is 9.35. The van der Waals surface area contributed by atoms with Crippen LogP contribution in [0.1, 0.15) is 27.2 Å². The summed E-state index contributed by atoms with van der Waals surface area (Å²) in [6, 6.07) is 0.469. The van der Waals surface area contributed by atoms with Crippen LogP contribution < -0.4 is 5.32 Å². The van der Waals surface area contributed by atoms with Crippen molar-refractivity contribution in [3.8, 4) is 0 Å². The number of hydrogen-bond acceptors (Lipinski definition) is 3. The summed E-state index contributed by atoms with van der Waals surface area (Å²) in [5, 5.41) is 21.5. The van der Waals surface area contributed by atoms with E-state index in [1.54, 1.807) is 0 Å². The first-order valence-electron chi connectivity index (χ1n) is 4.53. The van der Waals surface area contributed by atoms with E-state index < -0.39 is 0 Å². The van der Waals surface area contributed by atoms with E-state index in [1.165, 1.54) is 0 Å². The van der Waals surface area contributed by atoms with Crippen LogP contribution in [0, 0.1) is 5.41 Å². The maximum Gasteiger partial charge on any atom is 0.0621 e.